The number of carbonyl (C=O) groups excluding carboxylic acids is 2. The van der Waals surface area contributed by atoms with Gasteiger partial charge in [0.2, 0.25) is 5.76 Å². The van der Waals surface area contributed by atoms with E-state index in [9.17, 15) is 19.8 Å². The third-order valence-corrected chi connectivity index (χ3v) is 3.29. The SMILES string of the molecule is CCCC(CCC)C(=O)OC[C@H](O)[C@H]1OC(=O)C(O)=C1O. The Bertz CT molecular complexity index is 410. The number of aliphatic hydroxyl groups excluding tert-OH is 3. The smallest absolute Gasteiger partial charge is 0.377 e. The largest absolute Gasteiger partial charge is 0.505 e. The van der Waals surface area contributed by atoms with E-state index in [4.69, 9.17) is 9.84 Å². The number of ether oxygens (including phenoxy) is 2. The number of aliphatic hydroxyl groups is 3. The van der Waals surface area contributed by atoms with Crippen molar-refractivity contribution in [3.63, 3.8) is 0 Å². The van der Waals surface area contributed by atoms with Crippen molar-refractivity contribution in [1.29, 1.82) is 0 Å². The van der Waals surface area contributed by atoms with Crippen molar-refractivity contribution in [3.05, 3.63) is 11.5 Å². The van der Waals surface area contributed by atoms with Gasteiger partial charge in [-0.2, -0.15) is 0 Å². The summed E-state index contributed by atoms with van der Waals surface area (Å²) in [6.45, 7) is 3.51. The van der Waals surface area contributed by atoms with Gasteiger partial charge in [0.05, 0.1) is 5.92 Å². The molecule has 1 rings (SSSR count). The third-order valence-electron chi connectivity index (χ3n) is 3.29. The molecule has 0 bridgehead atoms. The number of hydrogen-bond donors (Lipinski definition) is 3. The molecule has 21 heavy (non-hydrogen) atoms. The zero-order valence-corrected chi connectivity index (χ0v) is 12.2. The molecule has 0 aromatic heterocycles. The molecule has 0 radical (unpaired) electrons. The maximum absolute atomic E-state index is 11.9. The molecule has 0 saturated heterocycles. The fourth-order valence-corrected chi connectivity index (χ4v) is 2.18. The van der Waals surface area contributed by atoms with E-state index in [0.29, 0.717) is 12.8 Å². The average Bonchev–Trinajstić information content (AvgIpc) is 2.72. The van der Waals surface area contributed by atoms with Crippen molar-refractivity contribution < 1.29 is 34.4 Å². The van der Waals surface area contributed by atoms with E-state index >= 15 is 0 Å². The van der Waals surface area contributed by atoms with Gasteiger partial charge in [0.15, 0.2) is 11.9 Å². The predicted molar refractivity (Wildman–Crippen MR) is 72.4 cm³/mol. The monoisotopic (exact) mass is 302 g/mol. The van der Waals surface area contributed by atoms with Crippen LogP contribution in [-0.4, -0.2) is 46.1 Å². The van der Waals surface area contributed by atoms with Crippen LogP contribution in [0.1, 0.15) is 39.5 Å². The second-order valence-corrected chi connectivity index (χ2v) is 5.03. The number of rotatable bonds is 8. The summed E-state index contributed by atoms with van der Waals surface area (Å²) in [6, 6.07) is 0. The minimum Gasteiger partial charge on any atom is -0.505 e. The zero-order valence-electron chi connectivity index (χ0n) is 12.2. The second-order valence-electron chi connectivity index (χ2n) is 5.03. The zero-order chi connectivity index (χ0) is 16.0. The lowest BCUT2D eigenvalue weighted by molar-refractivity contribution is -0.158. The summed E-state index contributed by atoms with van der Waals surface area (Å²) < 4.78 is 9.59. The Morgan fingerprint density at radius 2 is 1.86 bits per heavy atom. The van der Waals surface area contributed by atoms with E-state index in [1.54, 1.807) is 0 Å². The van der Waals surface area contributed by atoms with Crippen molar-refractivity contribution in [3.8, 4) is 0 Å². The summed E-state index contributed by atoms with van der Waals surface area (Å²) in [5.41, 5.74) is 0. The molecule has 0 unspecified atom stereocenters. The first-order valence-corrected chi connectivity index (χ1v) is 7.10. The van der Waals surface area contributed by atoms with Crippen LogP contribution < -0.4 is 0 Å². The highest BCUT2D eigenvalue weighted by Crippen LogP contribution is 2.22. The van der Waals surface area contributed by atoms with Gasteiger partial charge in [-0.15, -0.1) is 0 Å². The van der Waals surface area contributed by atoms with Gasteiger partial charge in [0.25, 0.3) is 0 Å². The van der Waals surface area contributed by atoms with Crippen LogP contribution in [-0.2, 0) is 19.1 Å². The van der Waals surface area contributed by atoms with Gasteiger partial charge in [-0.3, -0.25) is 4.79 Å². The van der Waals surface area contributed by atoms with Gasteiger partial charge < -0.3 is 24.8 Å². The molecule has 0 saturated carbocycles. The second kappa shape index (κ2) is 7.87. The van der Waals surface area contributed by atoms with Gasteiger partial charge in [0.1, 0.15) is 12.7 Å². The van der Waals surface area contributed by atoms with E-state index in [0.717, 1.165) is 12.8 Å². The van der Waals surface area contributed by atoms with Crippen molar-refractivity contribution in [2.24, 2.45) is 5.92 Å². The summed E-state index contributed by atoms with van der Waals surface area (Å²) >= 11 is 0. The van der Waals surface area contributed by atoms with Gasteiger partial charge >= 0.3 is 11.9 Å². The highest BCUT2D eigenvalue weighted by Gasteiger charge is 2.39. The number of carbonyl (C=O) groups is 2. The molecule has 7 heteroatoms. The van der Waals surface area contributed by atoms with Crippen molar-refractivity contribution in [1.82, 2.24) is 0 Å². The fourth-order valence-electron chi connectivity index (χ4n) is 2.18. The average molecular weight is 302 g/mol. The quantitative estimate of drug-likeness (QED) is 0.580. The number of hydrogen-bond acceptors (Lipinski definition) is 7. The van der Waals surface area contributed by atoms with Crippen LogP contribution in [0.2, 0.25) is 0 Å². The molecule has 3 N–H and O–H groups in total. The molecule has 1 aliphatic heterocycles. The van der Waals surface area contributed by atoms with Crippen LogP contribution in [0.5, 0.6) is 0 Å². The van der Waals surface area contributed by atoms with Crippen molar-refractivity contribution in [2.75, 3.05) is 6.61 Å². The highest BCUT2D eigenvalue weighted by atomic mass is 16.6. The maximum atomic E-state index is 11.9. The van der Waals surface area contributed by atoms with Crippen LogP contribution >= 0.6 is 0 Å². The van der Waals surface area contributed by atoms with Crippen LogP contribution in [0.4, 0.5) is 0 Å². The van der Waals surface area contributed by atoms with Gasteiger partial charge in [0, 0.05) is 0 Å². The molecule has 0 aromatic carbocycles. The lowest BCUT2D eigenvalue weighted by atomic mass is 9.99. The molecule has 0 aromatic rings. The highest BCUT2D eigenvalue weighted by molar-refractivity contribution is 5.89. The van der Waals surface area contributed by atoms with E-state index < -0.39 is 42.3 Å². The Labute approximate surface area is 123 Å². The first-order chi connectivity index (χ1) is 9.92. The first-order valence-electron chi connectivity index (χ1n) is 7.10. The molecule has 0 amide bonds. The molecule has 2 atom stereocenters. The normalized spacial score (nSPS) is 19.8. The molecular formula is C14H22O7. The Morgan fingerprint density at radius 1 is 1.29 bits per heavy atom. The summed E-state index contributed by atoms with van der Waals surface area (Å²) in [6.07, 6.45) is 0.271. The molecule has 0 aliphatic carbocycles. The van der Waals surface area contributed by atoms with Crippen LogP contribution in [0.25, 0.3) is 0 Å². The lowest BCUT2D eigenvalue weighted by Crippen LogP contribution is -2.34. The minimum atomic E-state index is -1.42. The summed E-state index contributed by atoms with van der Waals surface area (Å²) in [5.74, 6) is -3.44. The lowest BCUT2D eigenvalue weighted by Gasteiger charge is -2.19. The third kappa shape index (κ3) is 4.35. The molecule has 1 aliphatic rings. The molecule has 0 fully saturated rings. The number of cyclic esters (lactones) is 1. The van der Waals surface area contributed by atoms with Crippen molar-refractivity contribution in [2.45, 2.75) is 51.7 Å². The van der Waals surface area contributed by atoms with Crippen molar-refractivity contribution >= 4 is 11.9 Å². The minimum absolute atomic E-state index is 0.226. The number of esters is 2. The summed E-state index contributed by atoms with van der Waals surface area (Å²) in [7, 11) is 0. The standard InChI is InChI=1S/C14H22O7/c1-3-5-8(6-4-2)13(18)20-7-9(15)12-10(16)11(17)14(19)21-12/h8-9,12,15-17H,3-7H2,1-2H3/t9-,12+/m0/s1. The summed E-state index contributed by atoms with van der Waals surface area (Å²) in [4.78, 5) is 22.9. The molecular weight excluding hydrogens is 280 g/mol. The Hall–Kier alpha value is -1.76. The van der Waals surface area contributed by atoms with Gasteiger partial charge in [-0.1, -0.05) is 26.7 Å². The van der Waals surface area contributed by atoms with Gasteiger partial charge in [-0.05, 0) is 12.8 Å². The summed E-state index contributed by atoms with van der Waals surface area (Å²) in [5, 5.41) is 28.3. The topological polar surface area (TPSA) is 113 Å². The van der Waals surface area contributed by atoms with Crippen LogP contribution in [0.3, 0.4) is 0 Å². The van der Waals surface area contributed by atoms with Crippen LogP contribution in [0, 0.1) is 5.92 Å². The fraction of sp³-hybridized carbons (Fsp3) is 0.714. The van der Waals surface area contributed by atoms with Crippen LogP contribution in [0.15, 0.2) is 11.5 Å². The maximum Gasteiger partial charge on any atom is 0.377 e. The molecule has 7 nitrogen and oxygen atoms in total. The Kier molecular flexibility index (Phi) is 6.48. The predicted octanol–water partition coefficient (Wildman–Crippen LogP) is 1.36. The van der Waals surface area contributed by atoms with E-state index in [1.807, 2.05) is 13.8 Å². The molecule has 1 heterocycles. The molecule has 120 valence electrons. The van der Waals surface area contributed by atoms with E-state index in [1.165, 1.54) is 0 Å². The van der Waals surface area contributed by atoms with Gasteiger partial charge in [-0.25, -0.2) is 4.79 Å². The molecule has 0 spiro atoms. The Morgan fingerprint density at radius 3 is 2.29 bits per heavy atom. The van der Waals surface area contributed by atoms with E-state index in [-0.39, 0.29) is 5.92 Å². The Balaban J connectivity index is 2.51. The first kappa shape index (κ1) is 17.3. The van der Waals surface area contributed by atoms with E-state index in [2.05, 4.69) is 4.74 Å².